The third kappa shape index (κ3) is 3.44. The molecule has 0 radical (unpaired) electrons. The van der Waals surface area contributed by atoms with Crippen LogP contribution in [0.15, 0.2) is 0 Å². The first-order valence-electron chi connectivity index (χ1n) is 8.23. The molecule has 0 aromatic carbocycles. The van der Waals surface area contributed by atoms with Crippen molar-refractivity contribution in [1.29, 1.82) is 0 Å². The minimum Gasteiger partial charge on any atom is -0.378 e. The van der Waals surface area contributed by atoms with E-state index in [0.717, 1.165) is 45.4 Å². The van der Waals surface area contributed by atoms with Crippen molar-refractivity contribution < 1.29 is 9.53 Å². The average molecular weight is 281 g/mol. The van der Waals surface area contributed by atoms with Crippen LogP contribution in [0.5, 0.6) is 0 Å². The normalized spacial score (nSPS) is 33.9. The molecule has 0 saturated carbocycles. The highest BCUT2D eigenvalue weighted by molar-refractivity contribution is 5.74. The maximum atomic E-state index is 12.0. The number of ether oxygens (including phenoxy) is 1. The number of hydrogen-bond acceptors (Lipinski definition) is 3. The van der Waals surface area contributed by atoms with Crippen molar-refractivity contribution in [2.24, 2.45) is 0 Å². The lowest BCUT2D eigenvalue weighted by Crippen LogP contribution is -2.49. The molecule has 3 aliphatic heterocycles. The van der Waals surface area contributed by atoms with E-state index in [4.69, 9.17) is 4.74 Å². The number of carbonyl (C=O) groups is 1. The van der Waals surface area contributed by atoms with Gasteiger partial charge < -0.3 is 15.4 Å². The van der Waals surface area contributed by atoms with Gasteiger partial charge in [0.15, 0.2) is 0 Å². The van der Waals surface area contributed by atoms with Crippen molar-refractivity contribution in [2.75, 3.05) is 26.2 Å². The smallest absolute Gasteiger partial charge is 0.315 e. The molecule has 2 N–H and O–H groups in total. The summed E-state index contributed by atoms with van der Waals surface area (Å²) in [5.74, 6) is 0. The van der Waals surface area contributed by atoms with Crippen LogP contribution in [0.25, 0.3) is 0 Å². The summed E-state index contributed by atoms with van der Waals surface area (Å²) in [6.07, 6.45) is 8.56. The van der Waals surface area contributed by atoms with E-state index in [-0.39, 0.29) is 6.03 Å². The van der Waals surface area contributed by atoms with E-state index in [1.807, 2.05) is 0 Å². The Bertz CT molecular complexity index is 331. The number of hydrogen-bond donors (Lipinski definition) is 2. The van der Waals surface area contributed by atoms with Gasteiger partial charge in [0, 0.05) is 31.8 Å². The summed E-state index contributed by atoms with van der Waals surface area (Å²) in [4.78, 5) is 14.5. The van der Waals surface area contributed by atoms with Crippen LogP contribution >= 0.6 is 0 Å². The highest BCUT2D eigenvalue weighted by Gasteiger charge is 2.36. The van der Waals surface area contributed by atoms with Gasteiger partial charge in [-0.3, -0.25) is 4.90 Å². The summed E-state index contributed by atoms with van der Waals surface area (Å²) in [5.41, 5.74) is 0. The first kappa shape index (κ1) is 14.1. The number of nitrogens with one attached hydrogen (secondary N) is 2. The summed E-state index contributed by atoms with van der Waals surface area (Å²) in [5, 5.41) is 6.15. The zero-order valence-corrected chi connectivity index (χ0v) is 12.3. The second-order valence-corrected chi connectivity index (χ2v) is 6.32. The van der Waals surface area contributed by atoms with Crippen LogP contribution in [0.3, 0.4) is 0 Å². The molecule has 3 heterocycles. The number of urea groups is 1. The van der Waals surface area contributed by atoms with Crippen molar-refractivity contribution in [1.82, 2.24) is 15.5 Å². The number of piperidine rings is 1. The third-order valence-electron chi connectivity index (χ3n) is 4.95. The van der Waals surface area contributed by atoms with Gasteiger partial charge in [-0.2, -0.15) is 0 Å². The first-order valence-corrected chi connectivity index (χ1v) is 8.23. The molecule has 2 amide bonds. The topological polar surface area (TPSA) is 53.6 Å². The van der Waals surface area contributed by atoms with Gasteiger partial charge >= 0.3 is 6.03 Å². The highest BCUT2D eigenvalue weighted by Crippen LogP contribution is 2.27. The maximum absolute atomic E-state index is 12.0. The van der Waals surface area contributed by atoms with Crippen LogP contribution in [0.2, 0.25) is 0 Å². The highest BCUT2D eigenvalue weighted by atomic mass is 16.5. The van der Waals surface area contributed by atoms with Gasteiger partial charge in [0.1, 0.15) is 0 Å². The lowest BCUT2D eigenvalue weighted by Gasteiger charge is -2.32. The monoisotopic (exact) mass is 281 g/mol. The van der Waals surface area contributed by atoms with Gasteiger partial charge in [0.25, 0.3) is 0 Å². The predicted octanol–water partition coefficient (Wildman–Crippen LogP) is 1.48. The Kier molecular flexibility index (Phi) is 4.78. The molecule has 5 heteroatoms. The molecule has 0 aromatic heterocycles. The summed E-state index contributed by atoms with van der Waals surface area (Å²) in [6, 6.07) is 0.922. The van der Waals surface area contributed by atoms with E-state index in [1.165, 1.54) is 25.8 Å². The molecule has 114 valence electrons. The summed E-state index contributed by atoms with van der Waals surface area (Å²) < 4.78 is 5.56. The Morgan fingerprint density at radius 3 is 2.95 bits per heavy atom. The van der Waals surface area contributed by atoms with E-state index in [9.17, 15) is 4.79 Å². The zero-order valence-electron chi connectivity index (χ0n) is 12.3. The molecule has 0 spiro atoms. The van der Waals surface area contributed by atoms with Crippen molar-refractivity contribution in [3.63, 3.8) is 0 Å². The number of nitrogens with zero attached hydrogens (tertiary/aromatic N) is 1. The Labute approximate surface area is 121 Å². The van der Waals surface area contributed by atoms with Gasteiger partial charge in [-0.1, -0.05) is 6.42 Å². The van der Waals surface area contributed by atoms with Gasteiger partial charge in [-0.15, -0.1) is 0 Å². The fraction of sp³-hybridized carbons (Fsp3) is 0.933. The first-order chi connectivity index (χ1) is 9.83. The Morgan fingerprint density at radius 1 is 1.15 bits per heavy atom. The number of rotatable bonds is 4. The predicted molar refractivity (Wildman–Crippen MR) is 77.7 cm³/mol. The second-order valence-electron chi connectivity index (χ2n) is 6.32. The third-order valence-corrected chi connectivity index (χ3v) is 4.95. The lowest BCUT2D eigenvalue weighted by atomic mass is 9.99. The van der Waals surface area contributed by atoms with E-state index in [0.29, 0.717) is 18.2 Å². The molecule has 0 aromatic rings. The van der Waals surface area contributed by atoms with Crippen molar-refractivity contribution in [3.05, 3.63) is 0 Å². The number of amides is 2. The van der Waals surface area contributed by atoms with Crippen molar-refractivity contribution in [3.8, 4) is 0 Å². The summed E-state index contributed by atoms with van der Waals surface area (Å²) in [7, 11) is 0. The van der Waals surface area contributed by atoms with Gasteiger partial charge in [-0.25, -0.2) is 4.79 Å². The molecule has 3 saturated heterocycles. The van der Waals surface area contributed by atoms with Crippen LogP contribution in [0.4, 0.5) is 4.79 Å². The SMILES string of the molecule is O=C(NCCC1CCCO1)NC1CCN2CCCCC12. The minimum absolute atomic E-state index is 0.000389. The van der Waals surface area contributed by atoms with E-state index < -0.39 is 0 Å². The summed E-state index contributed by atoms with van der Waals surface area (Å²) >= 11 is 0. The molecule has 5 nitrogen and oxygen atoms in total. The molecule has 3 fully saturated rings. The molecule has 20 heavy (non-hydrogen) atoms. The Morgan fingerprint density at radius 2 is 2.10 bits per heavy atom. The number of fused-ring (bicyclic) bond motifs is 1. The average Bonchev–Trinajstić information content (AvgIpc) is 3.09. The number of carbonyl (C=O) groups excluding carboxylic acids is 1. The fourth-order valence-corrected chi connectivity index (χ4v) is 3.85. The molecule has 3 unspecified atom stereocenters. The molecular weight excluding hydrogens is 254 g/mol. The van der Waals surface area contributed by atoms with Crippen LogP contribution in [-0.2, 0) is 4.74 Å². The molecule has 3 rings (SSSR count). The molecular formula is C15H27N3O2. The quantitative estimate of drug-likeness (QED) is 0.821. The van der Waals surface area contributed by atoms with Crippen LogP contribution in [-0.4, -0.2) is 55.4 Å². The fourth-order valence-electron chi connectivity index (χ4n) is 3.85. The van der Waals surface area contributed by atoms with Crippen LogP contribution in [0, 0.1) is 0 Å². The van der Waals surface area contributed by atoms with Crippen LogP contribution in [0.1, 0.15) is 44.9 Å². The van der Waals surface area contributed by atoms with Gasteiger partial charge in [0.2, 0.25) is 0 Å². The second kappa shape index (κ2) is 6.76. The standard InChI is InChI=1S/C15H27N3O2/c19-15(16-8-6-12-4-3-11-20-12)17-13-7-10-18-9-2-1-5-14(13)18/h12-14H,1-11H2,(H2,16,17,19). The molecule has 3 aliphatic rings. The zero-order chi connectivity index (χ0) is 13.8. The Hall–Kier alpha value is -0.810. The largest absolute Gasteiger partial charge is 0.378 e. The van der Waals surface area contributed by atoms with Crippen molar-refractivity contribution in [2.45, 2.75) is 63.1 Å². The summed E-state index contributed by atoms with van der Waals surface area (Å²) in [6.45, 7) is 3.96. The van der Waals surface area contributed by atoms with E-state index in [2.05, 4.69) is 15.5 Å². The molecule has 3 atom stereocenters. The minimum atomic E-state index is 0.000389. The Balaban J connectivity index is 1.35. The molecule has 0 aliphatic carbocycles. The van der Waals surface area contributed by atoms with E-state index >= 15 is 0 Å². The van der Waals surface area contributed by atoms with Gasteiger partial charge in [0.05, 0.1) is 6.10 Å². The van der Waals surface area contributed by atoms with E-state index in [1.54, 1.807) is 0 Å². The van der Waals surface area contributed by atoms with Crippen LogP contribution < -0.4 is 10.6 Å². The lowest BCUT2D eigenvalue weighted by molar-refractivity contribution is 0.104. The maximum Gasteiger partial charge on any atom is 0.315 e. The molecule has 0 bridgehead atoms. The van der Waals surface area contributed by atoms with Crippen molar-refractivity contribution >= 4 is 6.03 Å². The van der Waals surface area contributed by atoms with Gasteiger partial charge in [-0.05, 0) is 45.1 Å².